The van der Waals surface area contributed by atoms with Gasteiger partial charge in [-0.05, 0) is 42.3 Å². The summed E-state index contributed by atoms with van der Waals surface area (Å²) >= 11 is 1.82. The zero-order chi connectivity index (χ0) is 13.2. The van der Waals surface area contributed by atoms with E-state index in [0.29, 0.717) is 6.04 Å². The van der Waals surface area contributed by atoms with Gasteiger partial charge in [0.15, 0.2) is 0 Å². The Labute approximate surface area is 117 Å². The second kappa shape index (κ2) is 5.06. The summed E-state index contributed by atoms with van der Waals surface area (Å²) in [4.78, 5) is 1.41. The Morgan fingerprint density at radius 1 is 1.00 bits per heavy atom. The molecule has 3 aromatic rings. The first kappa shape index (κ1) is 12.2. The molecule has 3 rings (SSSR count). The first-order valence-electron chi connectivity index (χ1n) is 6.54. The molecule has 19 heavy (non-hydrogen) atoms. The van der Waals surface area contributed by atoms with Crippen molar-refractivity contribution < 1.29 is 0 Å². The van der Waals surface area contributed by atoms with Crippen LogP contribution in [0.5, 0.6) is 0 Å². The van der Waals surface area contributed by atoms with Crippen LogP contribution in [0.3, 0.4) is 0 Å². The first-order chi connectivity index (χ1) is 9.25. The Balaban J connectivity index is 1.96. The largest absolute Gasteiger partial charge is 0.377 e. The number of hydrogen-bond acceptors (Lipinski definition) is 2. The Morgan fingerprint density at radius 3 is 2.58 bits per heavy atom. The van der Waals surface area contributed by atoms with Crippen LogP contribution in [0.25, 0.3) is 10.8 Å². The predicted octanol–water partition coefficient (Wildman–Crippen LogP) is 5.38. The molecular formula is C17H17NS. The second-order valence-electron chi connectivity index (χ2n) is 4.86. The van der Waals surface area contributed by atoms with Crippen molar-refractivity contribution in [3.05, 3.63) is 64.4 Å². The average molecular weight is 267 g/mol. The van der Waals surface area contributed by atoms with Crippen molar-refractivity contribution in [2.24, 2.45) is 0 Å². The molecule has 1 atom stereocenters. The summed E-state index contributed by atoms with van der Waals surface area (Å²) in [6.07, 6.45) is 0. The molecular weight excluding hydrogens is 250 g/mol. The van der Waals surface area contributed by atoms with E-state index >= 15 is 0 Å². The number of rotatable bonds is 3. The highest BCUT2D eigenvalue weighted by molar-refractivity contribution is 7.10. The number of fused-ring (bicyclic) bond motifs is 1. The molecule has 0 saturated carbocycles. The smallest absolute Gasteiger partial charge is 0.0581 e. The number of benzene rings is 2. The lowest BCUT2D eigenvalue weighted by molar-refractivity contribution is 0.901. The number of anilines is 1. The minimum absolute atomic E-state index is 0.339. The minimum atomic E-state index is 0.339. The summed E-state index contributed by atoms with van der Waals surface area (Å²) in [5.74, 6) is 0. The van der Waals surface area contributed by atoms with Gasteiger partial charge in [-0.15, -0.1) is 11.3 Å². The van der Waals surface area contributed by atoms with Crippen LogP contribution in [0, 0.1) is 6.92 Å². The van der Waals surface area contributed by atoms with Gasteiger partial charge in [-0.3, -0.25) is 0 Å². The van der Waals surface area contributed by atoms with Gasteiger partial charge in [0, 0.05) is 16.0 Å². The van der Waals surface area contributed by atoms with Crippen LogP contribution in [-0.4, -0.2) is 0 Å². The number of aryl methyl sites for hydroxylation is 1. The maximum atomic E-state index is 3.64. The Bertz CT molecular complexity index is 694. The molecule has 1 nitrogen and oxygen atoms in total. The number of hydrogen-bond donors (Lipinski definition) is 1. The van der Waals surface area contributed by atoms with E-state index in [9.17, 15) is 0 Å². The van der Waals surface area contributed by atoms with Crippen LogP contribution >= 0.6 is 11.3 Å². The molecule has 1 heterocycles. The van der Waals surface area contributed by atoms with Crippen molar-refractivity contribution in [2.45, 2.75) is 19.9 Å². The van der Waals surface area contributed by atoms with E-state index in [1.807, 2.05) is 11.3 Å². The van der Waals surface area contributed by atoms with Crippen LogP contribution in [0.4, 0.5) is 5.69 Å². The van der Waals surface area contributed by atoms with Crippen LogP contribution in [-0.2, 0) is 0 Å². The molecule has 0 radical (unpaired) electrons. The molecule has 0 spiro atoms. The maximum absolute atomic E-state index is 3.64. The lowest BCUT2D eigenvalue weighted by atomic mass is 10.1. The topological polar surface area (TPSA) is 12.0 Å². The molecule has 0 fully saturated rings. The molecule has 96 valence electrons. The predicted molar refractivity (Wildman–Crippen MR) is 85.0 cm³/mol. The molecule has 0 bridgehead atoms. The van der Waals surface area contributed by atoms with Gasteiger partial charge < -0.3 is 5.32 Å². The Morgan fingerprint density at radius 2 is 1.79 bits per heavy atom. The van der Waals surface area contributed by atoms with Crippen molar-refractivity contribution in [3.63, 3.8) is 0 Å². The number of thiophene rings is 1. The molecule has 0 amide bonds. The van der Waals surface area contributed by atoms with E-state index in [2.05, 4.69) is 73.1 Å². The molecule has 1 unspecified atom stereocenters. The maximum Gasteiger partial charge on any atom is 0.0581 e. The zero-order valence-corrected chi connectivity index (χ0v) is 12.0. The standard InChI is InChI=1S/C17H17NS/c1-12-10-11-19-17(12)13(2)18-16-9-5-7-14-6-3-4-8-15(14)16/h3-11,13,18H,1-2H3. The molecule has 2 heteroatoms. The van der Waals surface area contributed by atoms with Crippen molar-refractivity contribution in [3.8, 4) is 0 Å². The highest BCUT2D eigenvalue weighted by Crippen LogP contribution is 2.30. The van der Waals surface area contributed by atoms with Crippen LogP contribution in [0.1, 0.15) is 23.4 Å². The van der Waals surface area contributed by atoms with E-state index in [-0.39, 0.29) is 0 Å². The van der Waals surface area contributed by atoms with E-state index in [1.165, 1.54) is 26.9 Å². The van der Waals surface area contributed by atoms with Crippen molar-refractivity contribution in [1.82, 2.24) is 0 Å². The van der Waals surface area contributed by atoms with Crippen LogP contribution < -0.4 is 5.32 Å². The first-order valence-corrected chi connectivity index (χ1v) is 7.42. The summed E-state index contributed by atoms with van der Waals surface area (Å²) < 4.78 is 0. The summed E-state index contributed by atoms with van der Waals surface area (Å²) in [5, 5.41) is 8.36. The third-order valence-corrected chi connectivity index (χ3v) is 4.66. The Kier molecular flexibility index (Phi) is 3.26. The zero-order valence-electron chi connectivity index (χ0n) is 11.2. The third-order valence-electron chi connectivity index (χ3n) is 3.46. The van der Waals surface area contributed by atoms with Gasteiger partial charge >= 0.3 is 0 Å². The van der Waals surface area contributed by atoms with Crippen LogP contribution in [0.2, 0.25) is 0 Å². The summed E-state index contributed by atoms with van der Waals surface area (Å²) in [6.45, 7) is 4.40. The fraction of sp³-hybridized carbons (Fsp3) is 0.176. The van der Waals surface area contributed by atoms with E-state index < -0.39 is 0 Å². The van der Waals surface area contributed by atoms with Gasteiger partial charge in [0.25, 0.3) is 0 Å². The van der Waals surface area contributed by atoms with Gasteiger partial charge in [-0.2, -0.15) is 0 Å². The van der Waals surface area contributed by atoms with Gasteiger partial charge in [0.05, 0.1) is 6.04 Å². The van der Waals surface area contributed by atoms with Crippen molar-refractivity contribution >= 4 is 27.8 Å². The minimum Gasteiger partial charge on any atom is -0.377 e. The third kappa shape index (κ3) is 2.36. The summed E-state index contributed by atoms with van der Waals surface area (Å²) in [5.41, 5.74) is 2.57. The normalized spacial score (nSPS) is 12.5. The quantitative estimate of drug-likeness (QED) is 0.671. The second-order valence-corrected chi connectivity index (χ2v) is 5.81. The molecule has 0 aliphatic rings. The summed E-state index contributed by atoms with van der Waals surface area (Å²) in [6, 6.07) is 17.4. The fourth-order valence-electron chi connectivity index (χ4n) is 2.48. The van der Waals surface area contributed by atoms with E-state index in [4.69, 9.17) is 0 Å². The van der Waals surface area contributed by atoms with Crippen molar-refractivity contribution in [1.29, 1.82) is 0 Å². The lowest BCUT2D eigenvalue weighted by Crippen LogP contribution is -2.06. The fourth-order valence-corrected chi connectivity index (χ4v) is 3.41. The molecule has 2 aromatic carbocycles. The highest BCUT2D eigenvalue weighted by atomic mass is 32.1. The van der Waals surface area contributed by atoms with Crippen molar-refractivity contribution in [2.75, 3.05) is 5.32 Å². The van der Waals surface area contributed by atoms with E-state index in [1.54, 1.807) is 0 Å². The van der Waals surface area contributed by atoms with Gasteiger partial charge in [0.2, 0.25) is 0 Å². The molecule has 1 aromatic heterocycles. The van der Waals surface area contributed by atoms with E-state index in [0.717, 1.165) is 0 Å². The monoisotopic (exact) mass is 267 g/mol. The van der Waals surface area contributed by atoms with Gasteiger partial charge in [-0.25, -0.2) is 0 Å². The lowest BCUT2D eigenvalue weighted by Gasteiger charge is -2.16. The average Bonchev–Trinajstić information content (AvgIpc) is 2.85. The Hall–Kier alpha value is -1.80. The molecule has 0 aliphatic carbocycles. The highest BCUT2D eigenvalue weighted by Gasteiger charge is 2.10. The molecule has 0 aliphatic heterocycles. The summed E-state index contributed by atoms with van der Waals surface area (Å²) in [7, 11) is 0. The van der Waals surface area contributed by atoms with Gasteiger partial charge in [0.1, 0.15) is 0 Å². The van der Waals surface area contributed by atoms with Crippen LogP contribution in [0.15, 0.2) is 53.9 Å². The molecule has 0 saturated heterocycles. The SMILES string of the molecule is Cc1ccsc1C(C)Nc1cccc2ccccc12. The van der Waals surface area contributed by atoms with Gasteiger partial charge in [-0.1, -0.05) is 36.4 Å². The number of nitrogens with one attached hydrogen (secondary N) is 1. The molecule has 1 N–H and O–H groups in total.